The number of aliphatic hydroxyl groups excluding tert-OH is 1. The average Bonchev–Trinajstić information content (AvgIpc) is 2.75. The summed E-state index contributed by atoms with van der Waals surface area (Å²) in [5.41, 5.74) is 6.28. The minimum atomic E-state index is 0.127. The Bertz CT molecular complexity index is 525. The van der Waals surface area contributed by atoms with Crippen molar-refractivity contribution in [3.8, 4) is 0 Å². The zero-order valence-corrected chi connectivity index (χ0v) is 11.0. The van der Waals surface area contributed by atoms with Crippen molar-refractivity contribution in [2.45, 2.75) is 32.2 Å². The fraction of sp³-hybridized carbons (Fsp3) is 0.467. The monoisotopic (exact) mass is 244 g/mol. The molecular formula is C15H20N2O. The van der Waals surface area contributed by atoms with E-state index in [1.54, 1.807) is 0 Å². The van der Waals surface area contributed by atoms with E-state index in [4.69, 9.17) is 0 Å². The Labute approximate surface area is 108 Å². The van der Waals surface area contributed by atoms with Crippen molar-refractivity contribution in [2.24, 2.45) is 0 Å². The first-order valence-corrected chi connectivity index (χ1v) is 6.68. The van der Waals surface area contributed by atoms with E-state index in [-0.39, 0.29) is 6.61 Å². The van der Waals surface area contributed by atoms with Gasteiger partial charge in [0, 0.05) is 24.0 Å². The summed E-state index contributed by atoms with van der Waals surface area (Å²) in [4.78, 5) is 5.70. The van der Waals surface area contributed by atoms with Crippen LogP contribution in [0.2, 0.25) is 0 Å². The summed E-state index contributed by atoms with van der Waals surface area (Å²) in [6.45, 7) is 3.29. The number of fused-ring (bicyclic) bond motifs is 3. The molecule has 3 rings (SSSR count). The minimum absolute atomic E-state index is 0.127. The van der Waals surface area contributed by atoms with Gasteiger partial charge in [0.2, 0.25) is 0 Å². The van der Waals surface area contributed by atoms with E-state index in [0.717, 1.165) is 25.0 Å². The minimum Gasteiger partial charge on any atom is -0.392 e. The molecular weight excluding hydrogens is 224 g/mol. The first-order valence-electron chi connectivity index (χ1n) is 6.68. The van der Waals surface area contributed by atoms with Crippen LogP contribution in [-0.4, -0.2) is 28.6 Å². The third-order valence-corrected chi connectivity index (χ3v) is 4.10. The summed E-state index contributed by atoms with van der Waals surface area (Å²) in [5, 5.41) is 9.49. The molecule has 3 heteroatoms. The lowest BCUT2D eigenvalue weighted by Crippen LogP contribution is -2.14. The second kappa shape index (κ2) is 4.32. The highest BCUT2D eigenvalue weighted by molar-refractivity contribution is 5.75. The van der Waals surface area contributed by atoms with Crippen LogP contribution in [0.5, 0.6) is 0 Å². The number of H-pyrrole nitrogens is 1. The van der Waals surface area contributed by atoms with Crippen molar-refractivity contribution < 1.29 is 5.11 Å². The number of aromatic nitrogens is 1. The number of aliphatic hydroxyl groups is 1. The molecule has 2 N–H and O–H groups in total. The Balaban J connectivity index is 2.15. The maximum absolute atomic E-state index is 9.49. The molecule has 1 aliphatic carbocycles. The second-order valence-electron chi connectivity index (χ2n) is 5.27. The van der Waals surface area contributed by atoms with Crippen LogP contribution in [-0.2, 0) is 6.54 Å². The fourth-order valence-corrected chi connectivity index (χ4v) is 3.10. The molecule has 1 atom stereocenters. The van der Waals surface area contributed by atoms with E-state index >= 15 is 0 Å². The molecule has 0 saturated carbocycles. The molecule has 1 aliphatic heterocycles. The standard InChI is InChI=1S/C15H20N2O/c1-3-10-4-5-11(9-18)15-14(10)12-6-7-17(2)8-13(12)16-15/h5-7,10,16,18H,3-4,8-9H2,1-2H3. The van der Waals surface area contributed by atoms with Crippen molar-refractivity contribution >= 4 is 11.6 Å². The molecule has 1 aromatic heterocycles. The third kappa shape index (κ3) is 1.62. The number of hydrogen-bond acceptors (Lipinski definition) is 2. The molecule has 0 bridgehead atoms. The fourth-order valence-electron chi connectivity index (χ4n) is 3.10. The van der Waals surface area contributed by atoms with Crippen LogP contribution in [0, 0.1) is 0 Å². The Morgan fingerprint density at radius 1 is 1.50 bits per heavy atom. The van der Waals surface area contributed by atoms with Crippen LogP contribution in [0.15, 0.2) is 12.3 Å². The SMILES string of the molecule is CCC1CC=C(CO)c2[nH]c3c(c21)C=CN(C)C3. The molecule has 0 spiro atoms. The lowest BCUT2D eigenvalue weighted by atomic mass is 9.83. The summed E-state index contributed by atoms with van der Waals surface area (Å²) < 4.78 is 0. The van der Waals surface area contributed by atoms with Crippen molar-refractivity contribution in [3.63, 3.8) is 0 Å². The zero-order chi connectivity index (χ0) is 12.7. The highest BCUT2D eigenvalue weighted by atomic mass is 16.3. The van der Waals surface area contributed by atoms with Gasteiger partial charge in [-0.05, 0) is 42.2 Å². The van der Waals surface area contributed by atoms with Crippen molar-refractivity contribution in [2.75, 3.05) is 13.7 Å². The number of aromatic amines is 1. The van der Waals surface area contributed by atoms with Crippen LogP contribution in [0.25, 0.3) is 11.6 Å². The van der Waals surface area contributed by atoms with Gasteiger partial charge in [-0.1, -0.05) is 13.0 Å². The number of rotatable bonds is 2. The molecule has 18 heavy (non-hydrogen) atoms. The molecule has 0 fully saturated rings. The van der Waals surface area contributed by atoms with Crippen LogP contribution in [0.4, 0.5) is 0 Å². The summed E-state index contributed by atoms with van der Waals surface area (Å²) in [6, 6.07) is 0. The quantitative estimate of drug-likeness (QED) is 0.839. The van der Waals surface area contributed by atoms with Crippen LogP contribution in [0.1, 0.15) is 48.2 Å². The molecule has 0 aromatic carbocycles. The van der Waals surface area contributed by atoms with E-state index in [1.807, 2.05) is 0 Å². The Kier molecular flexibility index (Phi) is 2.78. The van der Waals surface area contributed by atoms with Gasteiger partial charge in [-0.25, -0.2) is 0 Å². The van der Waals surface area contributed by atoms with Gasteiger partial charge in [-0.15, -0.1) is 0 Å². The highest BCUT2D eigenvalue weighted by Gasteiger charge is 2.27. The molecule has 0 saturated heterocycles. The Morgan fingerprint density at radius 2 is 2.33 bits per heavy atom. The normalized spacial score (nSPS) is 21.6. The molecule has 0 amide bonds. The molecule has 1 aromatic rings. The largest absolute Gasteiger partial charge is 0.392 e. The molecule has 0 radical (unpaired) electrons. The Hall–Kier alpha value is -1.48. The van der Waals surface area contributed by atoms with Gasteiger partial charge in [0.25, 0.3) is 0 Å². The van der Waals surface area contributed by atoms with Gasteiger partial charge in [0.15, 0.2) is 0 Å². The van der Waals surface area contributed by atoms with Crippen LogP contribution >= 0.6 is 0 Å². The second-order valence-corrected chi connectivity index (χ2v) is 5.27. The number of allylic oxidation sites excluding steroid dienone is 1. The van der Waals surface area contributed by atoms with Crippen molar-refractivity contribution in [1.82, 2.24) is 9.88 Å². The predicted octanol–water partition coefficient (Wildman–Crippen LogP) is 2.70. The van der Waals surface area contributed by atoms with E-state index in [9.17, 15) is 5.11 Å². The van der Waals surface area contributed by atoms with Gasteiger partial charge in [-0.2, -0.15) is 0 Å². The van der Waals surface area contributed by atoms with Gasteiger partial charge in [0.1, 0.15) is 0 Å². The molecule has 2 aliphatic rings. The van der Waals surface area contributed by atoms with Gasteiger partial charge in [0.05, 0.1) is 13.2 Å². The summed E-state index contributed by atoms with van der Waals surface area (Å²) >= 11 is 0. The molecule has 96 valence electrons. The number of nitrogens with zero attached hydrogens (tertiary/aromatic N) is 1. The van der Waals surface area contributed by atoms with Gasteiger partial charge < -0.3 is 15.0 Å². The first-order chi connectivity index (χ1) is 8.74. The highest BCUT2D eigenvalue weighted by Crippen LogP contribution is 2.41. The van der Waals surface area contributed by atoms with Crippen molar-refractivity contribution in [3.05, 3.63) is 34.8 Å². The van der Waals surface area contributed by atoms with Crippen LogP contribution in [0.3, 0.4) is 0 Å². The summed E-state index contributed by atoms with van der Waals surface area (Å²) in [7, 11) is 2.08. The Morgan fingerprint density at radius 3 is 3.06 bits per heavy atom. The van der Waals surface area contributed by atoms with Gasteiger partial charge in [-0.3, -0.25) is 0 Å². The lowest BCUT2D eigenvalue weighted by molar-refractivity contribution is 0.348. The topological polar surface area (TPSA) is 39.3 Å². The zero-order valence-electron chi connectivity index (χ0n) is 11.0. The smallest absolute Gasteiger partial charge is 0.0699 e. The van der Waals surface area contributed by atoms with Crippen molar-refractivity contribution in [1.29, 1.82) is 0 Å². The molecule has 2 heterocycles. The first kappa shape index (κ1) is 11.6. The van der Waals surface area contributed by atoms with E-state index in [0.29, 0.717) is 5.92 Å². The van der Waals surface area contributed by atoms with E-state index in [1.165, 1.54) is 22.5 Å². The molecule has 3 nitrogen and oxygen atoms in total. The number of hydrogen-bond donors (Lipinski definition) is 2. The summed E-state index contributed by atoms with van der Waals surface area (Å²) in [6.07, 6.45) is 8.73. The third-order valence-electron chi connectivity index (χ3n) is 4.10. The maximum atomic E-state index is 9.49. The van der Waals surface area contributed by atoms with E-state index in [2.05, 4.69) is 42.2 Å². The maximum Gasteiger partial charge on any atom is 0.0699 e. The lowest BCUT2D eigenvalue weighted by Gasteiger charge is -2.23. The predicted molar refractivity (Wildman–Crippen MR) is 74.0 cm³/mol. The average molecular weight is 244 g/mol. The van der Waals surface area contributed by atoms with Gasteiger partial charge >= 0.3 is 0 Å². The summed E-state index contributed by atoms with van der Waals surface area (Å²) in [5.74, 6) is 0.586. The molecule has 1 unspecified atom stereocenters. The van der Waals surface area contributed by atoms with E-state index < -0.39 is 0 Å². The van der Waals surface area contributed by atoms with Crippen LogP contribution < -0.4 is 0 Å². The number of nitrogens with one attached hydrogen (secondary N) is 1.